The fourth-order valence-electron chi connectivity index (χ4n) is 0.907. The monoisotopic (exact) mass is 114 g/mol. The van der Waals surface area contributed by atoms with Gasteiger partial charge in [0.2, 0.25) is 0 Å². The van der Waals surface area contributed by atoms with Crippen molar-refractivity contribution in [3.63, 3.8) is 0 Å². The maximum absolute atomic E-state index is 10.8. The number of hydrogen-bond acceptors (Lipinski definition) is 1. The molecular weight excluding hydrogens is 102 g/mol. The highest BCUT2D eigenvalue weighted by atomic mass is 16.3. The summed E-state index contributed by atoms with van der Waals surface area (Å²) in [7, 11) is 0. The van der Waals surface area contributed by atoms with Crippen LogP contribution in [0.5, 0.6) is 0 Å². The second-order valence-corrected chi connectivity index (χ2v) is 2.37. The molecule has 0 aromatic carbocycles. The summed E-state index contributed by atoms with van der Waals surface area (Å²) in [5.74, 6) is 0.431. The fourth-order valence-corrected chi connectivity index (χ4v) is 0.907. The van der Waals surface area contributed by atoms with E-state index in [0.717, 1.165) is 19.5 Å². The van der Waals surface area contributed by atoms with Crippen LogP contribution in [0.2, 0.25) is 0 Å². The molecule has 0 spiro atoms. The van der Waals surface area contributed by atoms with Crippen LogP contribution in [-0.2, 0) is 5.11 Å². The van der Waals surface area contributed by atoms with Gasteiger partial charge in [-0.1, -0.05) is 6.92 Å². The van der Waals surface area contributed by atoms with Crippen LogP contribution in [0, 0.1) is 5.92 Å². The molecule has 1 heterocycles. The summed E-state index contributed by atoms with van der Waals surface area (Å²) < 4.78 is 0. The van der Waals surface area contributed by atoms with Crippen LogP contribution in [0.1, 0.15) is 13.3 Å². The predicted octanol–water partition coefficient (Wildman–Crippen LogP) is 0.415. The Morgan fingerprint density at radius 2 is 2.38 bits per heavy atom. The van der Waals surface area contributed by atoms with Crippen molar-refractivity contribution in [2.45, 2.75) is 19.4 Å². The maximum Gasteiger partial charge on any atom is 0.0979 e. The highest BCUT2D eigenvalue weighted by Crippen LogP contribution is 2.11. The average molecular weight is 114 g/mol. The second kappa shape index (κ2) is 2.46. The van der Waals surface area contributed by atoms with Gasteiger partial charge in [-0.2, -0.15) is 0 Å². The lowest BCUT2D eigenvalue weighted by molar-refractivity contribution is 0.0129. The van der Waals surface area contributed by atoms with Gasteiger partial charge in [-0.15, -0.1) is 0 Å². The smallest absolute Gasteiger partial charge is 0.0979 e. The highest BCUT2D eigenvalue weighted by molar-refractivity contribution is 4.79. The molecule has 1 saturated heterocycles. The lowest BCUT2D eigenvalue weighted by Crippen LogP contribution is -2.47. The molecule has 1 unspecified atom stereocenters. The average Bonchev–Trinajstić information content (AvgIpc) is 1.62. The first kappa shape index (κ1) is 6.05. The number of rotatable bonds is 2. The Labute approximate surface area is 49.9 Å². The summed E-state index contributed by atoms with van der Waals surface area (Å²) in [6.45, 7) is 3.85. The van der Waals surface area contributed by atoms with Crippen molar-refractivity contribution in [3.8, 4) is 0 Å². The molecular formula is C6H12NO. The molecule has 1 rings (SSSR count). The van der Waals surface area contributed by atoms with E-state index in [-0.39, 0.29) is 6.10 Å². The Morgan fingerprint density at radius 1 is 1.75 bits per heavy atom. The first-order chi connectivity index (χ1) is 3.84. The zero-order valence-corrected chi connectivity index (χ0v) is 5.18. The van der Waals surface area contributed by atoms with Crippen LogP contribution in [0.25, 0.3) is 0 Å². The summed E-state index contributed by atoms with van der Waals surface area (Å²) in [6, 6.07) is 0. The van der Waals surface area contributed by atoms with E-state index in [1.807, 2.05) is 6.92 Å². The molecule has 0 aromatic heterocycles. The first-order valence-corrected chi connectivity index (χ1v) is 3.21. The molecule has 0 bridgehead atoms. The Kier molecular flexibility index (Phi) is 1.86. The van der Waals surface area contributed by atoms with Gasteiger partial charge in [0.15, 0.2) is 0 Å². The molecule has 8 heavy (non-hydrogen) atoms. The van der Waals surface area contributed by atoms with Gasteiger partial charge >= 0.3 is 0 Å². The minimum atomic E-state index is -0.309. The molecule has 0 amide bonds. The third-order valence-corrected chi connectivity index (χ3v) is 1.74. The van der Waals surface area contributed by atoms with E-state index >= 15 is 0 Å². The molecule has 0 saturated carbocycles. The van der Waals surface area contributed by atoms with Gasteiger partial charge in [-0.25, -0.2) is 5.11 Å². The fraction of sp³-hybridized carbons (Fsp3) is 1.00. The summed E-state index contributed by atoms with van der Waals surface area (Å²) in [4.78, 5) is 0. The van der Waals surface area contributed by atoms with Crippen LogP contribution in [0.3, 0.4) is 0 Å². The van der Waals surface area contributed by atoms with Gasteiger partial charge < -0.3 is 5.32 Å². The van der Waals surface area contributed by atoms with E-state index in [9.17, 15) is 5.11 Å². The molecule has 1 N–H and O–H groups in total. The minimum Gasteiger partial charge on any atom is -0.316 e. The lowest BCUT2D eigenvalue weighted by Gasteiger charge is -2.29. The molecule has 1 aliphatic rings. The van der Waals surface area contributed by atoms with Gasteiger partial charge in [0.1, 0.15) is 0 Å². The van der Waals surface area contributed by atoms with E-state index in [1.165, 1.54) is 0 Å². The van der Waals surface area contributed by atoms with Crippen molar-refractivity contribution < 1.29 is 5.11 Å². The Morgan fingerprint density at radius 3 is 2.50 bits per heavy atom. The van der Waals surface area contributed by atoms with Crippen molar-refractivity contribution in [1.29, 1.82) is 0 Å². The predicted molar refractivity (Wildman–Crippen MR) is 31.1 cm³/mol. The van der Waals surface area contributed by atoms with Gasteiger partial charge in [0.05, 0.1) is 6.10 Å². The standard InChI is InChI=1S/C6H12NO/c1-2-6(8)5-3-7-4-5/h5-7H,2-4H2,1H3. The molecule has 2 heteroatoms. The van der Waals surface area contributed by atoms with E-state index in [0.29, 0.717) is 5.92 Å². The van der Waals surface area contributed by atoms with Gasteiger partial charge in [-0.05, 0) is 6.42 Å². The first-order valence-electron chi connectivity index (χ1n) is 3.21. The van der Waals surface area contributed by atoms with Crippen LogP contribution >= 0.6 is 0 Å². The van der Waals surface area contributed by atoms with E-state index in [4.69, 9.17) is 0 Å². The number of nitrogens with one attached hydrogen (secondary N) is 1. The van der Waals surface area contributed by atoms with Crippen LogP contribution in [0.15, 0.2) is 0 Å². The van der Waals surface area contributed by atoms with E-state index < -0.39 is 0 Å². The normalized spacial score (nSPS) is 24.8. The highest BCUT2D eigenvalue weighted by Gasteiger charge is 2.24. The zero-order chi connectivity index (χ0) is 5.98. The van der Waals surface area contributed by atoms with Crippen molar-refractivity contribution in [2.24, 2.45) is 5.92 Å². The van der Waals surface area contributed by atoms with Crippen molar-refractivity contribution in [3.05, 3.63) is 0 Å². The number of hydrogen-bond donors (Lipinski definition) is 1. The molecule has 0 aromatic rings. The van der Waals surface area contributed by atoms with Crippen molar-refractivity contribution >= 4 is 0 Å². The summed E-state index contributed by atoms with van der Waals surface area (Å²) >= 11 is 0. The lowest BCUT2D eigenvalue weighted by atomic mass is 9.95. The van der Waals surface area contributed by atoms with E-state index in [2.05, 4.69) is 5.32 Å². The molecule has 0 aliphatic carbocycles. The van der Waals surface area contributed by atoms with Crippen LogP contribution in [0.4, 0.5) is 0 Å². The molecule has 1 fully saturated rings. The SMILES string of the molecule is CCC([O])C1CNC1. The summed E-state index contributed by atoms with van der Waals surface area (Å²) in [5, 5.41) is 13.9. The largest absolute Gasteiger partial charge is 0.316 e. The van der Waals surface area contributed by atoms with Crippen molar-refractivity contribution in [2.75, 3.05) is 13.1 Å². The van der Waals surface area contributed by atoms with E-state index in [1.54, 1.807) is 0 Å². The van der Waals surface area contributed by atoms with Crippen LogP contribution < -0.4 is 5.32 Å². The molecule has 1 radical (unpaired) electrons. The van der Waals surface area contributed by atoms with Gasteiger partial charge in [0, 0.05) is 19.0 Å². The maximum atomic E-state index is 10.8. The summed E-state index contributed by atoms with van der Waals surface area (Å²) in [5.41, 5.74) is 0. The van der Waals surface area contributed by atoms with Crippen molar-refractivity contribution in [1.82, 2.24) is 5.32 Å². The second-order valence-electron chi connectivity index (χ2n) is 2.37. The quantitative estimate of drug-likeness (QED) is 0.554. The third-order valence-electron chi connectivity index (χ3n) is 1.74. The van der Waals surface area contributed by atoms with Crippen LogP contribution in [-0.4, -0.2) is 19.2 Å². The Balaban J connectivity index is 2.13. The van der Waals surface area contributed by atoms with Gasteiger partial charge in [0.25, 0.3) is 0 Å². The third kappa shape index (κ3) is 1.01. The summed E-state index contributed by atoms with van der Waals surface area (Å²) in [6.07, 6.45) is 0.475. The van der Waals surface area contributed by atoms with Gasteiger partial charge in [-0.3, -0.25) is 0 Å². The minimum absolute atomic E-state index is 0.309. The topological polar surface area (TPSA) is 31.9 Å². The molecule has 1 aliphatic heterocycles. The Hall–Kier alpha value is -0.0800. The molecule has 47 valence electrons. The Bertz CT molecular complexity index is 68.2. The molecule has 2 nitrogen and oxygen atoms in total. The zero-order valence-electron chi connectivity index (χ0n) is 5.18. The molecule has 1 atom stereocenters.